The molecule has 1 aromatic rings. The fraction of sp³-hybridized carbons (Fsp3) is 0.462. The number of sulfonamides is 1. The summed E-state index contributed by atoms with van der Waals surface area (Å²) in [5.41, 5.74) is -1.27. The van der Waals surface area contributed by atoms with Crippen LogP contribution in [0.25, 0.3) is 0 Å². The Bertz CT molecular complexity index is 589. The predicted molar refractivity (Wildman–Crippen MR) is 74.1 cm³/mol. The molecule has 0 unspecified atom stereocenters. The second kappa shape index (κ2) is 5.90. The molecule has 0 aliphatic heterocycles. The van der Waals surface area contributed by atoms with E-state index in [0.29, 0.717) is 0 Å². The molecule has 0 bridgehead atoms. The largest absolute Gasteiger partial charge is 0.478 e. The number of carboxylic acid groups (broad SMARTS) is 1. The van der Waals surface area contributed by atoms with Crippen LogP contribution in [0.2, 0.25) is 0 Å². The van der Waals surface area contributed by atoms with Crippen molar-refractivity contribution in [2.45, 2.75) is 31.3 Å². The van der Waals surface area contributed by atoms with Gasteiger partial charge in [0.05, 0.1) is 16.1 Å². The van der Waals surface area contributed by atoms with Gasteiger partial charge in [-0.3, -0.25) is 0 Å². The Labute approximate surface area is 118 Å². The Morgan fingerprint density at radius 2 is 1.95 bits per heavy atom. The molecular formula is C13H19NO5S. The standard InChI is InChI=1S/C13H19NO5S/c1-4-14(9-13(2,3)17)20(18,19)11-7-5-6-10(8-11)12(15)16/h5-8,17H,4,9H2,1-3H3,(H,15,16). The molecule has 0 saturated carbocycles. The molecule has 0 aromatic heterocycles. The third-order valence-electron chi connectivity index (χ3n) is 2.63. The molecule has 0 radical (unpaired) electrons. The van der Waals surface area contributed by atoms with Crippen LogP contribution in [0.5, 0.6) is 0 Å². The highest BCUT2D eigenvalue weighted by molar-refractivity contribution is 7.89. The first kappa shape index (κ1) is 16.6. The zero-order valence-corrected chi connectivity index (χ0v) is 12.5. The quantitative estimate of drug-likeness (QED) is 0.822. The van der Waals surface area contributed by atoms with Crippen LogP contribution < -0.4 is 0 Å². The minimum absolute atomic E-state index is 0.0663. The van der Waals surface area contributed by atoms with Gasteiger partial charge in [-0.05, 0) is 32.0 Å². The normalized spacial score (nSPS) is 12.7. The molecular weight excluding hydrogens is 282 g/mol. The second-order valence-electron chi connectivity index (χ2n) is 5.08. The molecule has 0 fully saturated rings. The number of hydrogen-bond acceptors (Lipinski definition) is 4. The highest BCUT2D eigenvalue weighted by Crippen LogP contribution is 2.19. The third kappa shape index (κ3) is 4.03. The number of carbonyl (C=O) groups is 1. The minimum Gasteiger partial charge on any atom is -0.478 e. The number of carboxylic acids is 1. The van der Waals surface area contributed by atoms with E-state index in [0.717, 1.165) is 10.4 Å². The smallest absolute Gasteiger partial charge is 0.335 e. The van der Waals surface area contributed by atoms with Crippen LogP contribution in [0.15, 0.2) is 29.2 Å². The average molecular weight is 301 g/mol. The molecule has 0 spiro atoms. The van der Waals surface area contributed by atoms with Gasteiger partial charge in [-0.15, -0.1) is 0 Å². The number of aliphatic hydroxyl groups is 1. The number of aromatic carboxylic acids is 1. The van der Waals surface area contributed by atoms with Crippen LogP contribution in [0.4, 0.5) is 0 Å². The second-order valence-corrected chi connectivity index (χ2v) is 7.01. The lowest BCUT2D eigenvalue weighted by Gasteiger charge is -2.27. The highest BCUT2D eigenvalue weighted by Gasteiger charge is 2.28. The van der Waals surface area contributed by atoms with Crippen molar-refractivity contribution in [1.29, 1.82) is 0 Å². The van der Waals surface area contributed by atoms with Gasteiger partial charge in [-0.25, -0.2) is 13.2 Å². The van der Waals surface area contributed by atoms with Gasteiger partial charge in [0.15, 0.2) is 0 Å². The lowest BCUT2D eigenvalue weighted by molar-refractivity contribution is 0.0600. The number of likely N-dealkylation sites (N-methyl/N-ethyl adjacent to an activating group) is 1. The van der Waals surface area contributed by atoms with E-state index >= 15 is 0 Å². The van der Waals surface area contributed by atoms with E-state index in [2.05, 4.69) is 0 Å². The Morgan fingerprint density at radius 3 is 2.40 bits per heavy atom. The number of benzene rings is 1. The van der Waals surface area contributed by atoms with E-state index in [1.165, 1.54) is 32.0 Å². The van der Waals surface area contributed by atoms with Crippen molar-refractivity contribution in [1.82, 2.24) is 4.31 Å². The lowest BCUT2D eigenvalue weighted by atomic mass is 10.1. The van der Waals surface area contributed by atoms with Crippen LogP contribution in [0, 0.1) is 0 Å². The third-order valence-corrected chi connectivity index (χ3v) is 4.55. The van der Waals surface area contributed by atoms with Gasteiger partial charge in [-0.1, -0.05) is 13.0 Å². The molecule has 1 rings (SSSR count). The zero-order chi connectivity index (χ0) is 15.6. The lowest BCUT2D eigenvalue weighted by Crippen LogP contribution is -2.42. The number of hydrogen-bond donors (Lipinski definition) is 2. The highest BCUT2D eigenvalue weighted by atomic mass is 32.2. The van der Waals surface area contributed by atoms with Crippen molar-refractivity contribution in [2.24, 2.45) is 0 Å². The van der Waals surface area contributed by atoms with Crippen molar-refractivity contribution < 1.29 is 23.4 Å². The van der Waals surface area contributed by atoms with Crippen LogP contribution in [0.3, 0.4) is 0 Å². The summed E-state index contributed by atoms with van der Waals surface area (Å²) in [5, 5.41) is 18.7. The molecule has 6 nitrogen and oxygen atoms in total. The first-order chi connectivity index (χ1) is 9.08. The fourth-order valence-corrected chi connectivity index (χ4v) is 3.39. The van der Waals surface area contributed by atoms with Gasteiger partial charge < -0.3 is 10.2 Å². The van der Waals surface area contributed by atoms with Crippen LogP contribution in [-0.4, -0.2) is 47.6 Å². The summed E-state index contributed by atoms with van der Waals surface area (Å²) >= 11 is 0. The maximum Gasteiger partial charge on any atom is 0.335 e. The summed E-state index contributed by atoms with van der Waals surface area (Å²) < 4.78 is 26.0. The molecule has 0 aliphatic rings. The summed E-state index contributed by atoms with van der Waals surface area (Å²) in [6.07, 6.45) is 0. The van der Waals surface area contributed by atoms with Crippen molar-refractivity contribution in [3.63, 3.8) is 0 Å². The molecule has 0 atom stereocenters. The Balaban J connectivity index is 3.20. The van der Waals surface area contributed by atoms with E-state index in [1.54, 1.807) is 6.92 Å². The molecule has 1 aromatic carbocycles. The first-order valence-corrected chi connectivity index (χ1v) is 7.58. The molecule has 112 valence electrons. The molecule has 0 amide bonds. The average Bonchev–Trinajstić information content (AvgIpc) is 2.34. The molecule has 0 aliphatic carbocycles. The topological polar surface area (TPSA) is 94.9 Å². The number of rotatable bonds is 6. The van der Waals surface area contributed by atoms with Gasteiger partial charge in [0.25, 0.3) is 0 Å². The number of nitrogens with zero attached hydrogens (tertiary/aromatic N) is 1. The van der Waals surface area contributed by atoms with Gasteiger partial charge in [0, 0.05) is 13.1 Å². The maximum atomic E-state index is 12.4. The first-order valence-electron chi connectivity index (χ1n) is 6.14. The minimum atomic E-state index is -3.83. The van der Waals surface area contributed by atoms with Crippen LogP contribution >= 0.6 is 0 Å². The molecule has 0 heterocycles. The molecule has 0 saturated heterocycles. The summed E-state index contributed by atoms with van der Waals surface area (Å²) in [6, 6.07) is 5.17. The molecule has 2 N–H and O–H groups in total. The van der Waals surface area contributed by atoms with Crippen LogP contribution in [-0.2, 0) is 10.0 Å². The summed E-state index contributed by atoms with van der Waals surface area (Å²) in [7, 11) is -3.83. The van der Waals surface area contributed by atoms with Crippen molar-refractivity contribution in [2.75, 3.05) is 13.1 Å². The van der Waals surface area contributed by atoms with Crippen molar-refractivity contribution in [3.8, 4) is 0 Å². The Morgan fingerprint density at radius 1 is 1.35 bits per heavy atom. The molecule has 7 heteroatoms. The van der Waals surface area contributed by atoms with Crippen molar-refractivity contribution >= 4 is 16.0 Å². The SMILES string of the molecule is CCN(CC(C)(C)O)S(=O)(=O)c1cccc(C(=O)O)c1. The zero-order valence-electron chi connectivity index (χ0n) is 11.7. The fourth-order valence-electron chi connectivity index (χ4n) is 1.74. The summed E-state index contributed by atoms with van der Waals surface area (Å²) in [5.74, 6) is -1.19. The Hall–Kier alpha value is -1.44. The van der Waals surface area contributed by atoms with Crippen LogP contribution in [0.1, 0.15) is 31.1 Å². The monoisotopic (exact) mass is 301 g/mol. The van der Waals surface area contributed by atoms with E-state index in [4.69, 9.17) is 5.11 Å². The van der Waals surface area contributed by atoms with Gasteiger partial charge >= 0.3 is 5.97 Å². The Kier molecular flexibility index (Phi) is 4.90. The van der Waals surface area contributed by atoms with Crippen molar-refractivity contribution in [3.05, 3.63) is 29.8 Å². The summed E-state index contributed by atoms with van der Waals surface area (Å²) in [6.45, 7) is 4.80. The van der Waals surface area contributed by atoms with E-state index in [-0.39, 0.29) is 23.5 Å². The van der Waals surface area contributed by atoms with Gasteiger partial charge in [-0.2, -0.15) is 4.31 Å². The summed E-state index contributed by atoms with van der Waals surface area (Å²) in [4.78, 5) is 10.8. The predicted octanol–water partition coefficient (Wildman–Crippen LogP) is 1.17. The molecule has 20 heavy (non-hydrogen) atoms. The van der Waals surface area contributed by atoms with Gasteiger partial charge in [0.2, 0.25) is 10.0 Å². The van der Waals surface area contributed by atoms with E-state index < -0.39 is 21.6 Å². The maximum absolute atomic E-state index is 12.4. The van der Waals surface area contributed by atoms with E-state index in [1.807, 2.05) is 0 Å². The van der Waals surface area contributed by atoms with Gasteiger partial charge in [0.1, 0.15) is 0 Å². The van der Waals surface area contributed by atoms with E-state index in [9.17, 15) is 18.3 Å².